The van der Waals surface area contributed by atoms with Gasteiger partial charge in [-0.2, -0.15) is 4.98 Å². The van der Waals surface area contributed by atoms with E-state index in [0.29, 0.717) is 12.6 Å². The Morgan fingerprint density at radius 3 is 2.26 bits per heavy atom. The van der Waals surface area contributed by atoms with E-state index in [2.05, 4.69) is 42.6 Å². The van der Waals surface area contributed by atoms with Gasteiger partial charge >= 0.3 is 6.01 Å². The maximum atomic E-state index is 5.66. The third kappa shape index (κ3) is 4.08. The number of ether oxygens (including phenoxy) is 1. The molecule has 0 saturated heterocycles. The van der Waals surface area contributed by atoms with Crippen LogP contribution in [0.4, 0.5) is 5.82 Å². The highest BCUT2D eigenvalue weighted by molar-refractivity contribution is 5.49. The Morgan fingerprint density at radius 2 is 1.74 bits per heavy atom. The van der Waals surface area contributed by atoms with Crippen molar-refractivity contribution in [2.45, 2.75) is 53.9 Å². The summed E-state index contributed by atoms with van der Waals surface area (Å²) in [5, 5.41) is 0. The van der Waals surface area contributed by atoms with Crippen LogP contribution in [-0.4, -0.2) is 29.7 Å². The van der Waals surface area contributed by atoms with Gasteiger partial charge in [0.2, 0.25) is 0 Å². The van der Waals surface area contributed by atoms with Crippen LogP contribution in [0.15, 0.2) is 0 Å². The molecule has 0 saturated carbocycles. The van der Waals surface area contributed by atoms with E-state index in [1.54, 1.807) is 0 Å². The minimum Gasteiger partial charge on any atom is -0.463 e. The SMILES string of the molecule is CCCCOc1nc(C)c(CC)c(N(CC)CC)n1. The van der Waals surface area contributed by atoms with Crippen molar-refractivity contribution >= 4 is 5.82 Å². The summed E-state index contributed by atoms with van der Waals surface area (Å²) in [6.45, 7) is 13.2. The third-order valence-electron chi connectivity index (χ3n) is 3.32. The Morgan fingerprint density at radius 1 is 1.05 bits per heavy atom. The average Bonchev–Trinajstić information content (AvgIpc) is 2.40. The second kappa shape index (κ2) is 7.97. The summed E-state index contributed by atoms with van der Waals surface area (Å²) in [5.74, 6) is 1.03. The molecule has 0 amide bonds. The van der Waals surface area contributed by atoms with Crippen molar-refractivity contribution in [2.75, 3.05) is 24.6 Å². The van der Waals surface area contributed by atoms with Crippen LogP contribution < -0.4 is 9.64 Å². The number of anilines is 1. The maximum absolute atomic E-state index is 5.66. The fraction of sp³-hybridized carbons (Fsp3) is 0.733. The van der Waals surface area contributed by atoms with E-state index in [4.69, 9.17) is 4.74 Å². The molecule has 1 aromatic heterocycles. The van der Waals surface area contributed by atoms with Crippen molar-refractivity contribution in [2.24, 2.45) is 0 Å². The van der Waals surface area contributed by atoms with Gasteiger partial charge in [-0.15, -0.1) is 0 Å². The molecule has 0 aliphatic rings. The molecule has 0 atom stereocenters. The number of hydrogen-bond donors (Lipinski definition) is 0. The van der Waals surface area contributed by atoms with E-state index in [0.717, 1.165) is 43.9 Å². The first-order valence-electron chi connectivity index (χ1n) is 7.43. The largest absolute Gasteiger partial charge is 0.463 e. The molecular formula is C15H27N3O. The van der Waals surface area contributed by atoms with Crippen LogP contribution in [0.25, 0.3) is 0 Å². The molecular weight excluding hydrogens is 238 g/mol. The van der Waals surface area contributed by atoms with Crippen LogP contribution >= 0.6 is 0 Å². The molecule has 1 aromatic rings. The van der Waals surface area contributed by atoms with Gasteiger partial charge in [0.25, 0.3) is 0 Å². The predicted molar refractivity (Wildman–Crippen MR) is 80.1 cm³/mol. The van der Waals surface area contributed by atoms with E-state index in [9.17, 15) is 0 Å². The summed E-state index contributed by atoms with van der Waals surface area (Å²) in [6, 6.07) is 0.519. The van der Waals surface area contributed by atoms with Crippen LogP contribution in [0.5, 0.6) is 6.01 Å². The molecule has 0 aliphatic heterocycles. The molecule has 0 aliphatic carbocycles. The zero-order valence-electron chi connectivity index (χ0n) is 13.0. The van der Waals surface area contributed by atoms with E-state index in [-0.39, 0.29) is 0 Å². The highest BCUT2D eigenvalue weighted by atomic mass is 16.5. The van der Waals surface area contributed by atoms with E-state index in [1.807, 2.05) is 6.92 Å². The predicted octanol–water partition coefficient (Wildman–Crippen LogP) is 3.37. The Kier molecular flexibility index (Phi) is 6.60. The standard InChI is InChI=1S/C15H27N3O/c1-6-10-11-19-15-16-12(5)13(7-2)14(17-15)18(8-3)9-4/h6-11H2,1-5H3. The normalized spacial score (nSPS) is 10.6. The molecule has 0 bridgehead atoms. The molecule has 1 rings (SSSR count). The van der Waals surface area contributed by atoms with Gasteiger partial charge in [-0.05, 0) is 33.6 Å². The van der Waals surface area contributed by atoms with Gasteiger partial charge < -0.3 is 9.64 Å². The number of nitrogens with zero attached hydrogens (tertiary/aromatic N) is 3. The van der Waals surface area contributed by atoms with Gasteiger partial charge in [-0.1, -0.05) is 20.3 Å². The van der Waals surface area contributed by atoms with Crippen LogP contribution in [0.1, 0.15) is 51.8 Å². The first-order chi connectivity index (χ1) is 9.17. The Balaban J connectivity index is 3.03. The molecule has 4 heteroatoms. The second-order valence-corrected chi connectivity index (χ2v) is 4.62. The zero-order chi connectivity index (χ0) is 14.3. The zero-order valence-corrected chi connectivity index (χ0v) is 13.0. The second-order valence-electron chi connectivity index (χ2n) is 4.62. The Hall–Kier alpha value is -1.32. The monoisotopic (exact) mass is 265 g/mol. The first kappa shape index (κ1) is 15.7. The highest BCUT2D eigenvalue weighted by Crippen LogP contribution is 2.23. The molecule has 0 aromatic carbocycles. The van der Waals surface area contributed by atoms with Crippen LogP contribution in [0, 0.1) is 6.92 Å². The summed E-state index contributed by atoms with van der Waals surface area (Å²) < 4.78 is 5.66. The van der Waals surface area contributed by atoms with Crippen LogP contribution in [0.2, 0.25) is 0 Å². The fourth-order valence-corrected chi connectivity index (χ4v) is 2.13. The molecule has 19 heavy (non-hydrogen) atoms. The molecule has 0 radical (unpaired) electrons. The highest BCUT2D eigenvalue weighted by Gasteiger charge is 2.15. The lowest BCUT2D eigenvalue weighted by atomic mass is 10.1. The molecule has 4 nitrogen and oxygen atoms in total. The number of aryl methyl sites for hydroxylation is 1. The van der Waals surface area contributed by atoms with E-state index in [1.165, 1.54) is 5.56 Å². The summed E-state index contributed by atoms with van der Waals surface area (Å²) in [4.78, 5) is 11.3. The lowest BCUT2D eigenvalue weighted by molar-refractivity contribution is 0.284. The topological polar surface area (TPSA) is 38.2 Å². The van der Waals surface area contributed by atoms with E-state index < -0.39 is 0 Å². The first-order valence-corrected chi connectivity index (χ1v) is 7.43. The Labute approximate surface area is 117 Å². The quantitative estimate of drug-likeness (QED) is 0.675. The molecule has 0 fully saturated rings. The molecule has 1 heterocycles. The number of rotatable bonds is 8. The maximum Gasteiger partial charge on any atom is 0.318 e. The van der Waals surface area contributed by atoms with Gasteiger partial charge in [-0.25, -0.2) is 4.98 Å². The lowest BCUT2D eigenvalue weighted by Gasteiger charge is -2.23. The lowest BCUT2D eigenvalue weighted by Crippen LogP contribution is -2.25. The van der Waals surface area contributed by atoms with Crippen LogP contribution in [0.3, 0.4) is 0 Å². The number of aromatic nitrogens is 2. The van der Waals surface area contributed by atoms with E-state index >= 15 is 0 Å². The van der Waals surface area contributed by atoms with Crippen LogP contribution in [-0.2, 0) is 6.42 Å². The third-order valence-corrected chi connectivity index (χ3v) is 3.32. The van der Waals surface area contributed by atoms with Gasteiger partial charge in [0.1, 0.15) is 5.82 Å². The van der Waals surface area contributed by atoms with Gasteiger partial charge in [0, 0.05) is 24.3 Å². The van der Waals surface area contributed by atoms with Crippen molar-refractivity contribution in [1.82, 2.24) is 9.97 Å². The minimum atomic E-state index is 0.519. The Bertz CT molecular complexity index is 389. The molecule has 0 N–H and O–H groups in total. The van der Waals surface area contributed by atoms with Gasteiger partial charge in [0.05, 0.1) is 6.61 Å². The number of hydrogen-bond acceptors (Lipinski definition) is 4. The summed E-state index contributed by atoms with van der Waals surface area (Å²) >= 11 is 0. The summed E-state index contributed by atoms with van der Waals surface area (Å²) in [5.41, 5.74) is 2.26. The van der Waals surface area contributed by atoms with Gasteiger partial charge in [-0.3, -0.25) is 0 Å². The van der Waals surface area contributed by atoms with Gasteiger partial charge in [0.15, 0.2) is 0 Å². The number of unbranched alkanes of at least 4 members (excludes halogenated alkanes) is 1. The molecule has 0 spiro atoms. The smallest absolute Gasteiger partial charge is 0.318 e. The van der Waals surface area contributed by atoms with Crippen molar-refractivity contribution in [3.63, 3.8) is 0 Å². The van der Waals surface area contributed by atoms with Crippen molar-refractivity contribution in [3.8, 4) is 6.01 Å². The van der Waals surface area contributed by atoms with Crippen molar-refractivity contribution in [3.05, 3.63) is 11.3 Å². The minimum absolute atomic E-state index is 0.519. The fourth-order valence-electron chi connectivity index (χ4n) is 2.13. The van der Waals surface area contributed by atoms with Crippen molar-refractivity contribution in [1.29, 1.82) is 0 Å². The molecule has 108 valence electrons. The molecule has 0 unspecified atom stereocenters. The average molecular weight is 265 g/mol. The van der Waals surface area contributed by atoms with Crippen molar-refractivity contribution < 1.29 is 4.74 Å². The summed E-state index contributed by atoms with van der Waals surface area (Å²) in [6.07, 6.45) is 3.11. The summed E-state index contributed by atoms with van der Waals surface area (Å²) in [7, 11) is 0.